The first kappa shape index (κ1) is 19.9. The van der Waals surface area contributed by atoms with Crippen molar-refractivity contribution in [3.05, 3.63) is 41.0 Å². The highest BCUT2D eigenvalue weighted by Gasteiger charge is 2.45. The molecule has 0 aliphatic rings. The molecule has 0 aliphatic carbocycles. The van der Waals surface area contributed by atoms with Crippen LogP contribution >= 0.6 is 0 Å². The van der Waals surface area contributed by atoms with Crippen molar-refractivity contribution in [2.75, 3.05) is 0 Å². The van der Waals surface area contributed by atoms with Gasteiger partial charge in [0.25, 0.3) is 0 Å². The summed E-state index contributed by atoms with van der Waals surface area (Å²) in [6.07, 6.45) is 7.00. The van der Waals surface area contributed by atoms with Gasteiger partial charge in [-0.15, -0.1) is 0 Å². The zero-order valence-electron chi connectivity index (χ0n) is 14.8. The largest absolute Gasteiger partial charge is 0.480 e. The number of carboxylic acid groups (broad SMARTS) is 2. The van der Waals surface area contributed by atoms with E-state index in [0.29, 0.717) is 19.3 Å². The predicted octanol–water partition coefficient (Wildman–Crippen LogP) is 4.83. The molecule has 0 atom stereocenters. The van der Waals surface area contributed by atoms with Crippen LogP contribution in [0, 0.1) is 19.3 Å². The third-order valence-electron chi connectivity index (χ3n) is 4.58. The molecule has 1 rings (SSSR count). The molecule has 0 spiro atoms. The highest BCUT2D eigenvalue weighted by molar-refractivity contribution is 5.98. The van der Waals surface area contributed by atoms with E-state index >= 15 is 0 Å². The van der Waals surface area contributed by atoms with Crippen molar-refractivity contribution in [3.8, 4) is 0 Å². The minimum Gasteiger partial charge on any atom is -0.480 e. The second-order valence-corrected chi connectivity index (χ2v) is 6.40. The molecule has 0 heterocycles. The predicted molar refractivity (Wildman–Crippen MR) is 96.0 cm³/mol. The van der Waals surface area contributed by atoms with Crippen LogP contribution in [0.1, 0.15) is 62.1 Å². The minimum absolute atomic E-state index is 0.161. The normalized spacial score (nSPS) is 11.8. The summed E-state index contributed by atoms with van der Waals surface area (Å²) in [5.74, 6) is -2.44. The van der Waals surface area contributed by atoms with Gasteiger partial charge in [0.05, 0.1) is 0 Å². The molecule has 0 amide bonds. The number of allylic oxidation sites excluding steroid dienone is 1. The van der Waals surface area contributed by atoms with E-state index in [-0.39, 0.29) is 12.8 Å². The maximum Gasteiger partial charge on any atom is 0.321 e. The second-order valence-electron chi connectivity index (χ2n) is 6.40. The fourth-order valence-electron chi connectivity index (χ4n) is 2.94. The number of unbranched alkanes of at least 4 members (excludes halogenated alkanes) is 2. The van der Waals surface area contributed by atoms with Crippen LogP contribution < -0.4 is 0 Å². The molecule has 0 bridgehead atoms. The summed E-state index contributed by atoms with van der Waals surface area (Å²) in [4.78, 5) is 23.1. The molecule has 0 fully saturated rings. The molecule has 0 aliphatic heterocycles. The summed E-state index contributed by atoms with van der Waals surface area (Å²) in [6.45, 7) is 6.04. The van der Waals surface area contributed by atoms with Crippen molar-refractivity contribution < 1.29 is 19.8 Å². The van der Waals surface area contributed by atoms with Crippen molar-refractivity contribution in [1.82, 2.24) is 0 Å². The fraction of sp³-hybridized carbons (Fsp3) is 0.500. The SMILES string of the molecule is CCCCC(CCCC=Cc1c(C)cccc1C)(C(=O)O)C(=O)O. The quantitative estimate of drug-likeness (QED) is 0.475. The van der Waals surface area contributed by atoms with Crippen LogP contribution in [-0.2, 0) is 9.59 Å². The number of carboxylic acids is 2. The first-order valence-corrected chi connectivity index (χ1v) is 8.54. The molecule has 0 unspecified atom stereocenters. The van der Waals surface area contributed by atoms with E-state index in [1.165, 1.54) is 16.7 Å². The van der Waals surface area contributed by atoms with Crippen LogP contribution in [0.2, 0.25) is 0 Å². The number of hydrogen-bond donors (Lipinski definition) is 2. The Kier molecular flexibility index (Phi) is 7.69. The van der Waals surface area contributed by atoms with Crippen LogP contribution in [0.3, 0.4) is 0 Å². The van der Waals surface area contributed by atoms with Gasteiger partial charge in [0.2, 0.25) is 0 Å². The Morgan fingerprint density at radius 3 is 2.08 bits per heavy atom. The van der Waals surface area contributed by atoms with Crippen LogP contribution in [0.25, 0.3) is 6.08 Å². The van der Waals surface area contributed by atoms with Gasteiger partial charge in [-0.25, -0.2) is 0 Å². The van der Waals surface area contributed by atoms with Gasteiger partial charge >= 0.3 is 11.9 Å². The Labute approximate surface area is 144 Å². The van der Waals surface area contributed by atoms with E-state index in [9.17, 15) is 19.8 Å². The highest BCUT2D eigenvalue weighted by atomic mass is 16.4. The molecular formula is C20H28O4. The molecule has 24 heavy (non-hydrogen) atoms. The maximum absolute atomic E-state index is 11.5. The summed E-state index contributed by atoms with van der Waals surface area (Å²) in [6, 6.07) is 6.12. The smallest absolute Gasteiger partial charge is 0.321 e. The molecule has 0 saturated heterocycles. The Bertz CT molecular complexity index is 567. The summed E-state index contributed by atoms with van der Waals surface area (Å²) in [7, 11) is 0. The van der Waals surface area contributed by atoms with E-state index in [1.807, 2.05) is 25.1 Å². The average molecular weight is 332 g/mol. The van der Waals surface area contributed by atoms with Crippen LogP contribution in [0.5, 0.6) is 0 Å². The van der Waals surface area contributed by atoms with Crippen LogP contribution in [-0.4, -0.2) is 22.2 Å². The van der Waals surface area contributed by atoms with Gasteiger partial charge in [-0.1, -0.05) is 50.1 Å². The lowest BCUT2D eigenvalue weighted by Gasteiger charge is -2.24. The van der Waals surface area contributed by atoms with E-state index in [0.717, 1.165) is 6.42 Å². The van der Waals surface area contributed by atoms with Crippen LogP contribution in [0.15, 0.2) is 24.3 Å². The minimum atomic E-state index is -1.65. The number of benzene rings is 1. The fourth-order valence-corrected chi connectivity index (χ4v) is 2.94. The lowest BCUT2D eigenvalue weighted by molar-refractivity contribution is -0.166. The van der Waals surface area contributed by atoms with Crippen molar-refractivity contribution in [2.45, 2.75) is 59.3 Å². The monoisotopic (exact) mass is 332 g/mol. The van der Waals surface area contributed by atoms with Gasteiger partial charge in [-0.3, -0.25) is 9.59 Å². The third kappa shape index (κ3) is 4.95. The van der Waals surface area contributed by atoms with Crippen molar-refractivity contribution in [3.63, 3.8) is 0 Å². The average Bonchev–Trinajstić information content (AvgIpc) is 2.51. The van der Waals surface area contributed by atoms with Crippen molar-refractivity contribution in [2.24, 2.45) is 5.41 Å². The van der Waals surface area contributed by atoms with Crippen molar-refractivity contribution >= 4 is 18.0 Å². The number of carbonyl (C=O) groups is 2. The Hall–Kier alpha value is -2.10. The lowest BCUT2D eigenvalue weighted by atomic mass is 9.78. The van der Waals surface area contributed by atoms with Gasteiger partial charge in [0, 0.05) is 0 Å². The van der Waals surface area contributed by atoms with E-state index in [2.05, 4.69) is 26.0 Å². The molecule has 1 aromatic carbocycles. The number of hydrogen-bond acceptors (Lipinski definition) is 2. The second kappa shape index (κ2) is 9.26. The van der Waals surface area contributed by atoms with Crippen LogP contribution in [0.4, 0.5) is 0 Å². The number of rotatable bonds is 10. The van der Waals surface area contributed by atoms with Gasteiger partial charge < -0.3 is 10.2 Å². The first-order valence-electron chi connectivity index (χ1n) is 8.54. The molecule has 0 aromatic heterocycles. The third-order valence-corrected chi connectivity index (χ3v) is 4.58. The molecular weight excluding hydrogens is 304 g/mol. The Morgan fingerprint density at radius 1 is 1.04 bits per heavy atom. The Morgan fingerprint density at radius 2 is 1.58 bits per heavy atom. The molecule has 0 radical (unpaired) electrons. The zero-order chi connectivity index (χ0) is 18.2. The summed E-state index contributed by atoms with van der Waals surface area (Å²) in [5.41, 5.74) is 1.91. The van der Waals surface area contributed by atoms with Gasteiger partial charge in [-0.05, 0) is 56.2 Å². The maximum atomic E-state index is 11.5. The molecule has 4 heteroatoms. The highest BCUT2D eigenvalue weighted by Crippen LogP contribution is 2.32. The van der Waals surface area contributed by atoms with E-state index in [1.54, 1.807) is 0 Å². The molecule has 0 saturated carbocycles. The summed E-state index contributed by atoms with van der Waals surface area (Å²) < 4.78 is 0. The first-order chi connectivity index (χ1) is 11.3. The van der Waals surface area contributed by atoms with E-state index < -0.39 is 17.4 Å². The molecule has 4 nitrogen and oxygen atoms in total. The Balaban J connectivity index is 2.70. The number of aliphatic carboxylic acids is 2. The summed E-state index contributed by atoms with van der Waals surface area (Å²) in [5, 5.41) is 18.9. The molecule has 132 valence electrons. The lowest BCUT2D eigenvalue weighted by Crippen LogP contribution is -2.39. The summed E-state index contributed by atoms with van der Waals surface area (Å²) >= 11 is 0. The molecule has 2 N–H and O–H groups in total. The number of aryl methyl sites for hydroxylation is 2. The van der Waals surface area contributed by atoms with Gasteiger partial charge in [-0.2, -0.15) is 0 Å². The zero-order valence-corrected chi connectivity index (χ0v) is 14.8. The topological polar surface area (TPSA) is 74.6 Å². The molecule has 1 aromatic rings. The standard InChI is InChI=1S/C20H28O4/c1-4-5-13-20(18(21)22,19(23)24)14-8-6-7-12-17-15(2)10-9-11-16(17)3/h7,9-12H,4-6,8,13-14H2,1-3H3,(H,21,22)(H,23,24). The van der Waals surface area contributed by atoms with Crippen molar-refractivity contribution in [1.29, 1.82) is 0 Å². The van der Waals surface area contributed by atoms with Gasteiger partial charge in [0.15, 0.2) is 5.41 Å². The van der Waals surface area contributed by atoms with E-state index in [4.69, 9.17) is 0 Å². The van der Waals surface area contributed by atoms with Gasteiger partial charge in [0.1, 0.15) is 0 Å².